The molecule has 7 nitrogen and oxygen atoms in total. The number of alkyl halides is 3. The summed E-state index contributed by atoms with van der Waals surface area (Å²) in [6, 6.07) is 15.9. The number of esters is 1. The Kier molecular flexibility index (Phi) is 6.63. The van der Waals surface area contributed by atoms with Crippen molar-refractivity contribution in [2.45, 2.75) is 12.7 Å². The molecule has 1 aromatic heterocycles. The lowest BCUT2D eigenvalue weighted by atomic mass is 9.99. The van der Waals surface area contributed by atoms with E-state index < -0.39 is 23.6 Å². The molecule has 0 aliphatic carbocycles. The van der Waals surface area contributed by atoms with Crippen molar-refractivity contribution in [2.75, 3.05) is 12.4 Å². The van der Waals surface area contributed by atoms with Crippen molar-refractivity contribution in [1.29, 1.82) is 0 Å². The highest BCUT2D eigenvalue weighted by molar-refractivity contribution is 6.08. The van der Waals surface area contributed by atoms with E-state index >= 15 is 0 Å². The van der Waals surface area contributed by atoms with Gasteiger partial charge in [0.2, 0.25) is 0 Å². The Hall–Kier alpha value is -4.47. The monoisotopic (exact) mass is 480 g/mol. The largest absolute Gasteiger partial charge is 0.465 e. The summed E-state index contributed by atoms with van der Waals surface area (Å²) < 4.78 is 45.8. The number of ether oxygens (including phenoxy) is 1. The number of methoxy groups -OCH3 is 1. The molecule has 10 heteroatoms. The lowest BCUT2D eigenvalue weighted by Crippen LogP contribution is -2.15. The minimum atomic E-state index is -4.50. The molecule has 1 amide bonds. The lowest BCUT2D eigenvalue weighted by Gasteiger charge is -2.13. The minimum absolute atomic E-state index is 0.0126. The molecule has 35 heavy (non-hydrogen) atoms. The van der Waals surface area contributed by atoms with Crippen LogP contribution in [0, 0.1) is 0 Å². The maximum absolute atomic E-state index is 13.1. The third-order valence-corrected chi connectivity index (χ3v) is 5.22. The number of amides is 1. The average Bonchev–Trinajstić information content (AvgIpc) is 3.37. The molecule has 0 unspecified atom stereocenters. The summed E-state index contributed by atoms with van der Waals surface area (Å²) in [5.74, 6) is -1.20. The number of hydrogen-bond acceptors (Lipinski definition) is 5. The Morgan fingerprint density at radius 2 is 1.74 bits per heavy atom. The number of rotatable bonds is 6. The van der Waals surface area contributed by atoms with Gasteiger partial charge in [-0.2, -0.15) is 18.3 Å². The molecule has 0 fully saturated rings. The maximum atomic E-state index is 13.1. The Balaban J connectivity index is 1.57. The first-order valence-corrected chi connectivity index (χ1v) is 10.4. The average molecular weight is 480 g/mol. The Morgan fingerprint density at radius 3 is 2.40 bits per heavy atom. The van der Waals surface area contributed by atoms with Crippen LogP contribution in [0.1, 0.15) is 31.8 Å². The standard InChI is InChI=1S/C25H19F3N4O3/c1-35-24(34)21-12-19(18-3-2-4-20(11-18)25(26,27)28)9-10-22(21)31-23(33)17-7-5-16(6-8-17)13-32-15-29-14-30-32/h2-12,14-15H,13H2,1H3,(H,31,33). The van der Waals surface area contributed by atoms with Gasteiger partial charge in [0.25, 0.3) is 5.91 Å². The molecular weight excluding hydrogens is 461 g/mol. The van der Waals surface area contributed by atoms with Gasteiger partial charge in [-0.1, -0.05) is 30.3 Å². The van der Waals surface area contributed by atoms with Crippen molar-refractivity contribution < 1.29 is 27.5 Å². The van der Waals surface area contributed by atoms with Crippen LogP contribution < -0.4 is 5.32 Å². The van der Waals surface area contributed by atoms with Crippen LogP contribution in [0.2, 0.25) is 0 Å². The van der Waals surface area contributed by atoms with Gasteiger partial charge >= 0.3 is 12.1 Å². The van der Waals surface area contributed by atoms with Crippen molar-refractivity contribution in [3.05, 3.63) is 102 Å². The second-order valence-corrected chi connectivity index (χ2v) is 7.57. The minimum Gasteiger partial charge on any atom is -0.465 e. The molecule has 0 aliphatic heterocycles. The first kappa shape index (κ1) is 23.7. The van der Waals surface area contributed by atoms with Crippen LogP contribution in [0.3, 0.4) is 0 Å². The zero-order chi connectivity index (χ0) is 25.0. The summed E-state index contributed by atoms with van der Waals surface area (Å²) in [5, 5.41) is 6.71. The van der Waals surface area contributed by atoms with Crippen LogP contribution >= 0.6 is 0 Å². The second-order valence-electron chi connectivity index (χ2n) is 7.57. The van der Waals surface area contributed by atoms with E-state index in [0.717, 1.165) is 17.7 Å². The summed E-state index contributed by atoms with van der Waals surface area (Å²) in [4.78, 5) is 29.1. The number of halogens is 3. The van der Waals surface area contributed by atoms with Crippen LogP contribution in [-0.4, -0.2) is 33.8 Å². The number of carbonyl (C=O) groups is 2. The zero-order valence-corrected chi connectivity index (χ0v) is 18.4. The molecule has 0 saturated heterocycles. The maximum Gasteiger partial charge on any atom is 0.416 e. The highest BCUT2D eigenvalue weighted by atomic mass is 19.4. The Morgan fingerprint density at radius 1 is 1.00 bits per heavy atom. The fourth-order valence-corrected chi connectivity index (χ4v) is 3.44. The number of benzene rings is 3. The highest BCUT2D eigenvalue weighted by Gasteiger charge is 2.30. The fourth-order valence-electron chi connectivity index (χ4n) is 3.44. The molecule has 1 N–H and O–H groups in total. The van der Waals surface area contributed by atoms with Crippen LogP contribution in [0.4, 0.5) is 18.9 Å². The van der Waals surface area contributed by atoms with Crippen molar-refractivity contribution in [3.63, 3.8) is 0 Å². The third kappa shape index (κ3) is 5.55. The Labute approximate surface area is 198 Å². The Bertz CT molecular complexity index is 1350. The molecule has 0 bridgehead atoms. The van der Waals surface area contributed by atoms with Gasteiger partial charge in [0, 0.05) is 5.56 Å². The van der Waals surface area contributed by atoms with Gasteiger partial charge in [-0.05, 0) is 53.1 Å². The molecule has 0 radical (unpaired) electrons. The number of carbonyl (C=O) groups excluding carboxylic acids is 2. The third-order valence-electron chi connectivity index (χ3n) is 5.22. The van der Waals surface area contributed by atoms with E-state index in [1.807, 2.05) is 0 Å². The molecule has 1 heterocycles. The van der Waals surface area contributed by atoms with Crippen molar-refractivity contribution >= 4 is 17.6 Å². The van der Waals surface area contributed by atoms with Gasteiger partial charge in [-0.25, -0.2) is 14.5 Å². The van der Waals surface area contributed by atoms with Gasteiger partial charge in [-0.15, -0.1) is 0 Å². The fraction of sp³-hybridized carbons (Fsp3) is 0.120. The number of anilines is 1. The predicted molar refractivity (Wildman–Crippen MR) is 122 cm³/mol. The summed E-state index contributed by atoms with van der Waals surface area (Å²) in [5.41, 5.74) is 1.28. The van der Waals surface area contributed by atoms with Gasteiger partial charge in [-0.3, -0.25) is 4.79 Å². The van der Waals surface area contributed by atoms with E-state index in [-0.39, 0.29) is 16.8 Å². The summed E-state index contributed by atoms with van der Waals surface area (Å²) in [6.45, 7) is 0.491. The molecule has 4 rings (SSSR count). The number of nitrogens with one attached hydrogen (secondary N) is 1. The van der Waals surface area contributed by atoms with Gasteiger partial charge in [0.15, 0.2) is 0 Å². The smallest absolute Gasteiger partial charge is 0.416 e. The van der Waals surface area contributed by atoms with E-state index in [4.69, 9.17) is 4.74 Å². The van der Waals surface area contributed by atoms with Gasteiger partial charge < -0.3 is 10.1 Å². The molecule has 0 atom stereocenters. The van der Waals surface area contributed by atoms with E-state index in [1.54, 1.807) is 35.3 Å². The summed E-state index contributed by atoms with van der Waals surface area (Å²) in [6.07, 6.45) is -1.49. The van der Waals surface area contributed by atoms with E-state index in [9.17, 15) is 22.8 Å². The summed E-state index contributed by atoms with van der Waals surface area (Å²) >= 11 is 0. The van der Waals surface area contributed by atoms with E-state index in [2.05, 4.69) is 15.4 Å². The van der Waals surface area contributed by atoms with Crippen molar-refractivity contribution in [2.24, 2.45) is 0 Å². The molecule has 0 spiro atoms. The lowest BCUT2D eigenvalue weighted by molar-refractivity contribution is -0.137. The molecule has 178 valence electrons. The van der Waals surface area contributed by atoms with E-state index in [1.165, 1.54) is 43.8 Å². The molecular formula is C25H19F3N4O3. The van der Waals surface area contributed by atoms with E-state index in [0.29, 0.717) is 17.7 Å². The summed E-state index contributed by atoms with van der Waals surface area (Å²) in [7, 11) is 1.18. The highest BCUT2D eigenvalue weighted by Crippen LogP contribution is 2.33. The first-order valence-electron chi connectivity index (χ1n) is 10.4. The normalized spacial score (nSPS) is 11.2. The number of hydrogen-bond donors (Lipinski definition) is 1. The molecule has 0 aliphatic rings. The SMILES string of the molecule is COC(=O)c1cc(-c2cccc(C(F)(F)F)c2)ccc1NC(=O)c1ccc(Cn2cncn2)cc1. The predicted octanol–water partition coefficient (Wildman–Crippen LogP) is 5.05. The van der Waals surface area contributed by atoms with Gasteiger partial charge in [0.1, 0.15) is 12.7 Å². The van der Waals surface area contributed by atoms with Crippen molar-refractivity contribution in [1.82, 2.24) is 14.8 Å². The quantitative estimate of drug-likeness (QED) is 0.391. The van der Waals surface area contributed by atoms with Gasteiger partial charge in [0.05, 0.1) is 30.5 Å². The number of aromatic nitrogens is 3. The van der Waals surface area contributed by atoms with Crippen LogP contribution in [0.15, 0.2) is 79.4 Å². The first-order chi connectivity index (χ1) is 16.7. The number of nitrogens with zero attached hydrogens (tertiary/aromatic N) is 3. The second kappa shape index (κ2) is 9.80. The van der Waals surface area contributed by atoms with Crippen molar-refractivity contribution in [3.8, 4) is 11.1 Å². The molecule has 4 aromatic rings. The van der Waals surface area contributed by atoms with Crippen LogP contribution in [0.5, 0.6) is 0 Å². The topological polar surface area (TPSA) is 86.1 Å². The molecule has 3 aromatic carbocycles. The molecule has 0 saturated carbocycles. The zero-order valence-electron chi connectivity index (χ0n) is 18.4. The van der Waals surface area contributed by atoms with Crippen LogP contribution in [-0.2, 0) is 17.5 Å². The van der Waals surface area contributed by atoms with Crippen LogP contribution in [0.25, 0.3) is 11.1 Å².